The number of aliphatic hydroxyl groups excluding tert-OH is 5. The number of esters is 1. The molecule has 6 N–H and O–H groups in total. The lowest BCUT2D eigenvalue weighted by Crippen LogP contribution is -2.61. The maximum absolute atomic E-state index is 13.5. The zero-order chi connectivity index (χ0) is 63.1. The van der Waals surface area contributed by atoms with Gasteiger partial charge in [0.05, 0.1) is 25.4 Å². The first-order valence-corrected chi connectivity index (χ1v) is 36.0. The van der Waals surface area contributed by atoms with Crippen LogP contribution in [0.25, 0.3) is 0 Å². The van der Waals surface area contributed by atoms with Gasteiger partial charge in [0, 0.05) is 6.42 Å². The molecule has 8 unspecified atom stereocenters. The molecule has 0 aromatic carbocycles. The predicted octanol–water partition coefficient (Wildman–Crippen LogP) is 18.6. The van der Waals surface area contributed by atoms with Crippen molar-refractivity contribution in [3.63, 3.8) is 0 Å². The normalized spacial score (nSPS) is 18.8. The summed E-state index contributed by atoms with van der Waals surface area (Å²) in [7, 11) is 0. The SMILES string of the molecule is CCCCC/C=C\C/C=C\C/C=C\C/C=C\CCCCCCCCCCC(O)C(=O)NC(COC1OC(CO)C(O)C(O)C1OC(=O)CCCCCCCCCCCC/C=C\C/C=C\C/C=C\CCCCC)C(O)/C=C/CCCCCCCCCCC. The van der Waals surface area contributed by atoms with Crippen LogP contribution in [0.4, 0.5) is 0 Å². The van der Waals surface area contributed by atoms with Crippen LogP contribution in [0.1, 0.15) is 310 Å². The van der Waals surface area contributed by atoms with E-state index in [4.69, 9.17) is 14.2 Å². The molecular formula is C76H133NO10. The molecule has 1 saturated heterocycles. The van der Waals surface area contributed by atoms with Crippen LogP contribution in [0, 0.1) is 0 Å². The van der Waals surface area contributed by atoms with Gasteiger partial charge in [0.15, 0.2) is 12.4 Å². The van der Waals surface area contributed by atoms with Gasteiger partial charge in [0.2, 0.25) is 5.91 Å². The van der Waals surface area contributed by atoms with Crippen molar-refractivity contribution in [1.82, 2.24) is 5.32 Å². The van der Waals surface area contributed by atoms with Crippen molar-refractivity contribution in [2.45, 2.75) is 359 Å². The molecule has 87 heavy (non-hydrogen) atoms. The summed E-state index contributed by atoms with van der Waals surface area (Å²) in [5.74, 6) is -1.20. The van der Waals surface area contributed by atoms with Gasteiger partial charge in [-0.2, -0.15) is 0 Å². The lowest BCUT2D eigenvalue weighted by molar-refractivity contribution is -0.305. The van der Waals surface area contributed by atoms with Crippen molar-refractivity contribution in [2.75, 3.05) is 13.2 Å². The van der Waals surface area contributed by atoms with Crippen LogP contribution in [-0.2, 0) is 23.8 Å². The van der Waals surface area contributed by atoms with Gasteiger partial charge >= 0.3 is 5.97 Å². The number of unbranched alkanes of at least 4 members (excludes halogenated alkanes) is 33. The van der Waals surface area contributed by atoms with Crippen LogP contribution in [0.5, 0.6) is 0 Å². The smallest absolute Gasteiger partial charge is 0.306 e. The van der Waals surface area contributed by atoms with E-state index in [-0.39, 0.29) is 19.4 Å². The standard InChI is InChI=1S/C76H133NO10/c1-4-7-10-13-16-19-22-24-26-28-30-32-34-36-37-39-41-43-45-48-51-54-57-60-63-69(80)75(84)77-67(68(79)62-59-56-53-50-47-21-18-15-12-9-6-3)66-85-76-74(73(83)72(82)70(65-78)86-76)87-71(81)64-61-58-55-52-49-46-44-42-40-38-35-33-31-29-27-25-23-20-17-14-11-8-5-2/h16-17,19-20,24-27,30-33,36-37,59,62,67-70,72-74,76,78-80,82-83H,4-15,18,21-23,28-29,34-35,38-58,60-61,63-66H2,1-3H3,(H,77,84)/b19-16-,20-17-,26-24-,27-25-,32-30-,33-31-,37-36-,62-59+. The highest BCUT2D eigenvalue weighted by Crippen LogP contribution is 2.26. The maximum Gasteiger partial charge on any atom is 0.306 e. The molecule has 1 fully saturated rings. The number of allylic oxidation sites excluding steroid dienone is 15. The zero-order valence-electron chi connectivity index (χ0n) is 55.9. The Bertz CT molecular complexity index is 1790. The molecule has 1 rings (SSSR count). The molecule has 1 amide bonds. The Morgan fingerprint density at radius 2 is 0.793 bits per heavy atom. The highest BCUT2D eigenvalue weighted by molar-refractivity contribution is 5.80. The first-order valence-electron chi connectivity index (χ1n) is 36.0. The highest BCUT2D eigenvalue weighted by atomic mass is 16.7. The van der Waals surface area contributed by atoms with E-state index >= 15 is 0 Å². The summed E-state index contributed by atoms with van der Waals surface area (Å²) < 4.78 is 17.7. The Balaban J connectivity index is 2.57. The van der Waals surface area contributed by atoms with Crippen LogP contribution in [0.3, 0.4) is 0 Å². The molecule has 0 bridgehead atoms. The van der Waals surface area contributed by atoms with Crippen molar-refractivity contribution in [1.29, 1.82) is 0 Å². The van der Waals surface area contributed by atoms with E-state index in [9.17, 15) is 35.1 Å². The van der Waals surface area contributed by atoms with E-state index in [1.54, 1.807) is 6.08 Å². The first kappa shape index (κ1) is 81.6. The van der Waals surface area contributed by atoms with Gasteiger partial charge < -0.3 is 45.1 Å². The van der Waals surface area contributed by atoms with Crippen molar-refractivity contribution in [3.05, 3.63) is 97.2 Å². The second-order valence-corrected chi connectivity index (χ2v) is 24.6. The topological polar surface area (TPSA) is 175 Å². The molecule has 1 aliphatic heterocycles. The molecule has 0 saturated carbocycles. The first-order chi connectivity index (χ1) is 42.7. The number of carbonyl (C=O) groups is 2. The molecule has 0 spiro atoms. The van der Waals surface area contributed by atoms with Crippen LogP contribution in [0.15, 0.2) is 97.2 Å². The number of carbonyl (C=O) groups excluding carboxylic acids is 2. The second kappa shape index (κ2) is 62.8. The van der Waals surface area contributed by atoms with E-state index in [0.29, 0.717) is 12.8 Å². The van der Waals surface area contributed by atoms with Gasteiger partial charge in [-0.05, 0) is 109 Å². The van der Waals surface area contributed by atoms with Crippen LogP contribution in [-0.4, -0.2) is 99.6 Å². The largest absolute Gasteiger partial charge is 0.454 e. The van der Waals surface area contributed by atoms with E-state index in [1.165, 1.54) is 161 Å². The summed E-state index contributed by atoms with van der Waals surface area (Å²) in [5, 5.41) is 57.2. The van der Waals surface area contributed by atoms with Gasteiger partial charge in [0.25, 0.3) is 0 Å². The van der Waals surface area contributed by atoms with Crippen molar-refractivity contribution >= 4 is 11.9 Å². The summed E-state index contributed by atoms with van der Waals surface area (Å²) in [6.07, 6.45) is 74.4. The van der Waals surface area contributed by atoms with E-state index in [1.807, 2.05) is 6.08 Å². The molecule has 1 aliphatic rings. The number of ether oxygens (including phenoxy) is 3. The lowest BCUT2D eigenvalue weighted by Gasteiger charge is -2.41. The van der Waals surface area contributed by atoms with E-state index in [0.717, 1.165) is 103 Å². The molecule has 0 aromatic rings. The van der Waals surface area contributed by atoms with Crippen LogP contribution >= 0.6 is 0 Å². The molecule has 0 aliphatic carbocycles. The van der Waals surface area contributed by atoms with Gasteiger partial charge in [-0.3, -0.25) is 9.59 Å². The average Bonchev–Trinajstić information content (AvgIpc) is 1.30. The van der Waals surface area contributed by atoms with Gasteiger partial charge in [0.1, 0.15) is 24.4 Å². The minimum atomic E-state index is -1.62. The molecule has 8 atom stereocenters. The number of rotatable bonds is 61. The number of nitrogens with one attached hydrogen (secondary N) is 1. The Labute approximate surface area is 533 Å². The summed E-state index contributed by atoms with van der Waals surface area (Å²) in [6.45, 7) is 5.75. The van der Waals surface area contributed by atoms with Crippen molar-refractivity contribution in [3.8, 4) is 0 Å². The third kappa shape index (κ3) is 50.0. The zero-order valence-corrected chi connectivity index (χ0v) is 55.9. The lowest BCUT2D eigenvalue weighted by atomic mass is 9.99. The molecule has 502 valence electrons. The van der Waals surface area contributed by atoms with E-state index < -0.39 is 67.4 Å². The fraction of sp³-hybridized carbons (Fsp3) is 0.763. The summed E-state index contributed by atoms with van der Waals surface area (Å²) in [6, 6.07) is -1.03. The van der Waals surface area contributed by atoms with E-state index in [2.05, 4.69) is 111 Å². The quantitative estimate of drug-likeness (QED) is 0.0195. The third-order valence-corrected chi connectivity index (χ3v) is 16.5. The summed E-state index contributed by atoms with van der Waals surface area (Å²) in [5.41, 5.74) is 0. The van der Waals surface area contributed by atoms with Crippen LogP contribution < -0.4 is 5.32 Å². The van der Waals surface area contributed by atoms with Crippen molar-refractivity contribution < 1.29 is 49.3 Å². The number of aliphatic hydroxyl groups is 5. The fourth-order valence-corrected chi connectivity index (χ4v) is 10.8. The minimum Gasteiger partial charge on any atom is -0.454 e. The second-order valence-electron chi connectivity index (χ2n) is 24.6. The minimum absolute atomic E-state index is 0.115. The van der Waals surface area contributed by atoms with Gasteiger partial charge in [-0.1, -0.05) is 291 Å². The molecule has 11 heteroatoms. The number of hydrogen-bond acceptors (Lipinski definition) is 10. The molecule has 1 heterocycles. The highest BCUT2D eigenvalue weighted by Gasteiger charge is 2.47. The Hall–Kier alpha value is -3.42. The monoisotopic (exact) mass is 1220 g/mol. The molecular weight excluding hydrogens is 1090 g/mol. The number of amides is 1. The van der Waals surface area contributed by atoms with Crippen LogP contribution in [0.2, 0.25) is 0 Å². The summed E-state index contributed by atoms with van der Waals surface area (Å²) in [4.78, 5) is 26.7. The molecule has 0 radical (unpaired) electrons. The molecule has 0 aromatic heterocycles. The maximum atomic E-state index is 13.5. The fourth-order valence-electron chi connectivity index (χ4n) is 10.8. The Morgan fingerprint density at radius 1 is 0.448 bits per heavy atom. The average molecular weight is 1220 g/mol. The number of hydrogen-bond donors (Lipinski definition) is 6. The Kier molecular flexibility index (Phi) is 58.9. The third-order valence-electron chi connectivity index (χ3n) is 16.5. The van der Waals surface area contributed by atoms with Gasteiger partial charge in [-0.25, -0.2) is 0 Å². The molecule has 11 nitrogen and oxygen atoms in total. The Morgan fingerprint density at radius 3 is 1.21 bits per heavy atom. The summed E-state index contributed by atoms with van der Waals surface area (Å²) >= 11 is 0. The predicted molar refractivity (Wildman–Crippen MR) is 365 cm³/mol. The van der Waals surface area contributed by atoms with Gasteiger partial charge in [-0.15, -0.1) is 0 Å². The van der Waals surface area contributed by atoms with Crippen molar-refractivity contribution in [2.24, 2.45) is 0 Å².